The highest BCUT2D eigenvalue weighted by molar-refractivity contribution is 7.07. The van der Waals surface area contributed by atoms with E-state index in [-0.39, 0.29) is 18.3 Å². The van der Waals surface area contributed by atoms with E-state index in [1.807, 2.05) is 16.8 Å². The summed E-state index contributed by atoms with van der Waals surface area (Å²) in [5, 5.41) is 7.21. The molecule has 6 heteroatoms. The van der Waals surface area contributed by atoms with E-state index in [9.17, 15) is 9.59 Å². The normalized spacial score (nSPS) is 11.7. The second-order valence-corrected chi connectivity index (χ2v) is 5.98. The molecule has 0 aliphatic rings. The average Bonchev–Trinajstić information content (AvgIpc) is 3.01. The van der Waals surface area contributed by atoms with Gasteiger partial charge in [-0.25, -0.2) is 0 Å². The molecule has 1 atom stereocenters. The molecule has 0 aliphatic carbocycles. The van der Waals surface area contributed by atoms with E-state index in [2.05, 4.69) is 5.32 Å². The Kier molecular flexibility index (Phi) is 5.98. The molecule has 1 amide bonds. The molecule has 1 N–H and O–H groups in total. The predicted octanol–water partition coefficient (Wildman–Crippen LogP) is 3.90. The molecular formula is C16H16ClNO3S. The third-order valence-corrected chi connectivity index (χ3v) is 3.97. The highest BCUT2D eigenvalue weighted by atomic mass is 35.5. The average molecular weight is 338 g/mol. The highest BCUT2D eigenvalue weighted by Gasteiger charge is 2.17. The van der Waals surface area contributed by atoms with E-state index in [4.69, 9.17) is 16.3 Å². The fraction of sp³-hybridized carbons (Fsp3) is 0.250. The van der Waals surface area contributed by atoms with Gasteiger partial charge in [-0.05, 0) is 60.0 Å². The van der Waals surface area contributed by atoms with Crippen molar-refractivity contribution in [2.24, 2.45) is 0 Å². The lowest BCUT2D eigenvalue weighted by atomic mass is 10.2. The molecule has 4 nitrogen and oxygen atoms in total. The van der Waals surface area contributed by atoms with Gasteiger partial charge < -0.3 is 10.1 Å². The third kappa shape index (κ3) is 5.16. The largest absolute Gasteiger partial charge is 0.453 e. The summed E-state index contributed by atoms with van der Waals surface area (Å²) in [5.41, 5.74) is 1.70. The van der Waals surface area contributed by atoms with Crippen LogP contribution < -0.4 is 5.32 Å². The first-order valence-electron chi connectivity index (χ1n) is 6.81. The van der Waals surface area contributed by atoms with Crippen molar-refractivity contribution in [1.29, 1.82) is 0 Å². The van der Waals surface area contributed by atoms with Gasteiger partial charge in [0.05, 0.1) is 0 Å². The summed E-state index contributed by atoms with van der Waals surface area (Å²) in [5.74, 6) is -0.754. The number of benzene rings is 1. The standard InChI is InChI=1S/C16H16ClNO3S/c1-11(16(20)18-14-5-3-13(17)4-6-14)21-15(19)7-2-12-8-9-22-10-12/h3-6,8-11H,2,7H2,1H3,(H,18,20)/t11-/m1/s1. The summed E-state index contributed by atoms with van der Waals surface area (Å²) >= 11 is 7.36. The molecule has 1 heterocycles. The van der Waals surface area contributed by atoms with Gasteiger partial charge in [0, 0.05) is 17.1 Å². The maximum absolute atomic E-state index is 11.9. The fourth-order valence-electron chi connectivity index (χ4n) is 1.77. The van der Waals surface area contributed by atoms with Crippen LogP contribution in [0.5, 0.6) is 0 Å². The Morgan fingerprint density at radius 1 is 1.27 bits per heavy atom. The van der Waals surface area contributed by atoms with E-state index in [0.29, 0.717) is 17.1 Å². The summed E-state index contributed by atoms with van der Waals surface area (Å²) in [4.78, 5) is 23.7. The molecule has 0 saturated carbocycles. The van der Waals surface area contributed by atoms with Crippen molar-refractivity contribution in [1.82, 2.24) is 0 Å². The lowest BCUT2D eigenvalue weighted by Crippen LogP contribution is -2.30. The van der Waals surface area contributed by atoms with Crippen LogP contribution in [0.25, 0.3) is 0 Å². The minimum Gasteiger partial charge on any atom is -0.453 e. The van der Waals surface area contributed by atoms with E-state index in [0.717, 1.165) is 5.56 Å². The summed E-state index contributed by atoms with van der Waals surface area (Å²) in [6.07, 6.45) is 0.0361. The summed E-state index contributed by atoms with van der Waals surface area (Å²) in [6.45, 7) is 1.55. The molecule has 22 heavy (non-hydrogen) atoms. The van der Waals surface area contributed by atoms with Gasteiger partial charge in [-0.3, -0.25) is 9.59 Å². The van der Waals surface area contributed by atoms with Crippen LogP contribution >= 0.6 is 22.9 Å². The molecule has 116 valence electrons. The van der Waals surface area contributed by atoms with Gasteiger partial charge in [0.15, 0.2) is 6.10 Å². The minimum absolute atomic E-state index is 0.259. The number of thiophene rings is 1. The van der Waals surface area contributed by atoms with Crippen molar-refractivity contribution in [2.75, 3.05) is 5.32 Å². The van der Waals surface area contributed by atoms with Crippen LogP contribution in [-0.4, -0.2) is 18.0 Å². The number of nitrogens with one attached hydrogen (secondary N) is 1. The number of hydrogen-bond donors (Lipinski definition) is 1. The van der Waals surface area contributed by atoms with Crippen LogP contribution in [-0.2, 0) is 20.7 Å². The monoisotopic (exact) mass is 337 g/mol. The van der Waals surface area contributed by atoms with Crippen molar-refractivity contribution in [3.63, 3.8) is 0 Å². The number of ether oxygens (including phenoxy) is 1. The van der Waals surface area contributed by atoms with Crippen LogP contribution in [0.1, 0.15) is 18.9 Å². The summed E-state index contributed by atoms with van der Waals surface area (Å²) in [7, 11) is 0. The molecule has 0 unspecified atom stereocenters. The Morgan fingerprint density at radius 3 is 2.64 bits per heavy atom. The lowest BCUT2D eigenvalue weighted by molar-refractivity contribution is -0.153. The van der Waals surface area contributed by atoms with Gasteiger partial charge in [0.25, 0.3) is 5.91 Å². The van der Waals surface area contributed by atoms with Gasteiger partial charge >= 0.3 is 5.97 Å². The quantitative estimate of drug-likeness (QED) is 0.813. The minimum atomic E-state index is -0.842. The number of carbonyl (C=O) groups is 2. The topological polar surface area (TPSA) is 55.4 Å². The highest BCUT2D eigenvalue weighted by Crippen LogP contribution is 2.14. The molecule has 0 saturated heterocycles. The number of aryl methyl sites for hydroxylation is 1. The van der Waals surface area contributed by atoms with Gasteiger partial charge in [0.1, 0.15) is 0 Å². The number of hydrogen-bond acceptors (Lipinski definition) is 4. The van der Waals surface area contributed by atoms with E-state index < -0.39 is 6.10 Å². The molecule has 2 aromatic rings. The van der Waals surface area contributed by atoms with E-state index in [1.165, 1.54) is 0 Å². The smallest absolute Gasteiger partial charge is 0.306 e. The summed E-state index contributed by atoms with van der Waals surface area (Å²) in [6, 6.07) is 8.69. The number of halogens is 1. The Bertz CT molecular complexity index is 625. The SMILES string of the molecule is C[C@@H](OC(=O)CCc1ccsc1)C(=O)Nc1ccc(Cl)cc1. The number of anilines is 1. The molecule has 1 aromatic heterocycles. The Balaban J connectivity index is 1.77. The van der Waals surface area contributed by atoms with Crippen LogP contribution in [0.3, 0.4) is 0 Å². The van der Waals surface area contributed by atoms with Crippen molar-refractivity contribution < 1.29 is 14.3 Å². The van der Waals surface area contributed by atoms with E-state index in [1.54, 1.807) is 42.5 Å². The first kappa shape index (κ1) is 16.5. The van der Waals surface area contributed by atoms with E-state index >= 15 is 0 Å². The maximum atomic E-state index is 11.9. The fourth-order valence-corrected chi connectivity index (χ4v) is 2.60. The van der Waals surface area contributed by atoms with Crippen molar-refractivity contribution in [3.05, 3.63) is 51.7 Å². The number of carbonyl (C=O) groups excluding carboxylic acids is 2. The Morgan fingerprint density at radius 2 is 2.00 bits per heavy atom. The molecule has 0 bridgehead atoms. The predicted molar refractivity (Wildman–Crippen MR) is 88.3 cm³/mol. The zero-order valence-electron chi connectivity index (χ0n) is 12.0. The van der Waals surface area contributed by atoms with Crippen LogP contribution in [0.4, 0.5) is 5.69 Å². The molecule has 1 aromatic carbocycles. The molecule has 0 fully saturated rings. The lowest BCUT2D eigenvalue weighted by Gasteiger charge is -2.13. The third-order valence-electron chi connectivity index (χ3n) is 2.99. The number of rotatable bonds is 6. The molecule has 2 rings (SSSR count). The van der Waals surface area contributed by atoms with Gasteiger partial charge in [0.2, 0.25) is 0 Å². The summed E-state index contributed by atoms with van der Waals surface area (Å²) < 4.78 is 5.13. The molecular weight excluding hydrogens is 322 g/mol. The van der Waals surface area contributed by atoms with Gasteiger partial charge in [-0.2, -0.15) is 11.3 Å². The molecule has 0 radical (unpaired) electrons. The zero-order chi connectivity index (χ0) is 15.9. The zero-order valence-corrected chi connectivity index (χ0v) is 13.6. The van der Waals surface area contributed by atoms with Crippen LogP contribution in [0, 0.1) is 0 Å². The molecule has 0 spiro atoms. The van der Waals surface area contributed by atoms with Crippen molar-refractivity contribution in [3.8, 4) is 0 Å². The number of esters is 1. The van der Waals surface area contributed by atoms with Crippen LogP contribution in [0.2, 0.25) is 5.02 Å². The Labute approximate surface area is 138 Å². The van der Waals surface area contributed by atoms with Gasteiger partial charge in [-0.1, -0.05) is 11.6 Å². The first-order chi connectivity index (χ1) is 10.5. The van der Waals surface area contributed by atoms with Gasteiger partial charge in [-0.15, -0.1) is 0 Å². The second kappa shape index (κ2) is 7.96. The number of amides is 1. The first-order valence-corrected chi connectivity index (χ1v) is 8.13. The molecule has 0 aliphatic heterocycles. The van der Waals surface area contributed by atoms with Crippen molar-refractivity contribution >= 4 is 40.5 Å². The maximum Gasteiger partial charge on any atom is 0.306 e. The van der Waals surface area contributed by atoms with Crippen molar-refractivity contribution in [2.45, 2.75) is 25.9 Å². The van der Waals surface area contributed by atoms with Crippen LogP contribution in [0.15, 0.2) is 41.1 Å². The second-order valence-electron chi connectivity index (χ2n) is 4.76. The Hall–Kier alpha value is -1.85.